The van der Waals surface area contributed by atoms with Crippen molar-refractivity contribution in [1.29, 1.82) is 0 Å². The summed E-state index contributed by atoms with van der Waals surface area (Å²) in [6.07, 6.45) is -0.936. The van der Waals surface area contributed by atoms with E-state index in [9.17, 15) is 9.36 Å². The fourth-order valence-corrected chi connectivity index (χ4v) is 2.12. The molecule has 0 aliphatic carbocycles. The van der Waals surface area contributed by atoms with Crippen LogP contribution in [0.4, 0.5) is 4.79 Å². The number of carbonyl (C=O) groups excluding carboxylic acids is 1. The minimum atomic E-state index is -0.718. The summed E-state index contributed by atoms with van der Waals surface area (Å²) in [5, 5.41) is 2.55. The number of ether oxygens (including phenoxy) is 1. The number of hydrogen-bond acceptors (Lipinski definition) is 4. The Morgan fingerprint density at radius 2 is 1.59 bits per heavy atom. The summed E-state index contributed by atoms with van der Waals surface area (Å²) < 4.78 is 20.7. The second-order valence-electron chi connectivity index (χ2n) is 4.56. The zero-order chi connectivity index (χ0) is 15.6. The summed E-state index contributed by atoms with van der Waals surface area (Å²) in [5.41, 5.74) is 1.85. The van der Waals surface area contributed by atoms with Gasteiger partial charge in [0.15, 0.2) is 0 Å². The highest BCUT2D eigenvalue weighted by molar-refractivity contribution is 7.17. The molecule has 2 aromatic carbocycles. The zero-order valence-corrected chi connectivity index (χ0v) is 12.7. The van der Waals surface area contributed by atoms with Crippen LogP contribution in [0.3, 0.4) is 0 Å². The molecule has 1 amide bonds. The second kappa shape index (κ2) is 8.93. The van der Waals surface area contributed by atoms with E-state index in [0.29, 0.717) is 6.42 Å². The number of carbonyl (C=O) groups is 1. The SMILES string of the molecule is O=PO[C@H](Cc1ccccc1)NC(=O)OCc1ccccc1. The Kier molecular flexibility index (Phi) is 6.55. The molecule has 114 valence electrons. The molecular formula is C16H16NO4P. The van der Waals surface area contributed by atoms with Crippen LogP contribution in [-0.4, -0.2) is 12.3 Å². The van der Waals surface area contributed by atoms with Crippen LogP contribution >= 0.6 is 8.69 Å². The molecule has 0 spiro atoms. The quantitative estimate of drug-likeness (QED) is 0.624. The molecule has 0 heterocycles. The first-order chi connectivity index (χ1) is 10.8. The lowest BCUT2D eigenvalue weighted by atomic mass is 10.1. The molecule has 6 heteroatoms. The van der Waals surface area contributed by atoms with E-state index in [1.807, 2.05) is 60.7 Å². The lowest BCUT2D eigenvalue weighted by Crippen LogP contribution is -2.37. The Morgan fingerprint density at radius 3 is 2.18 bits per heavy atom. The van der Waals surface area contributed by atoms with Crippen molar-refractivity contribution >= 4 is 14.8 Å². The Hall–Kier alpha value is -2.23. The Balaban J connectivity index is 1.84. The van der Waals surface area contributed by atoms with Crippen molar-refractivity contribution in [2.75, 3.05) is 0 Å². The molecule has 5 nitrogen and oxygen atoms in total. The minimum Gasteiger partial charge on any atom is -0.445 e. The van der Waals surface area contributed by atoms with Crippen molar-refractivity contribution < 1.29 is 18.6 Å². The molecule has 2 aromatic rings. The summed E-state index contributed by atoms with van der Waals surface area (Å²) in [6.45, 7) is 0.166. The highest BCUT2D eigenvalue weighted by atomic mass is 31.1. The maximum atomic E-state index is 11.8. The second-order valence-corrected chi connectivity index (χ2v) is 4.92. The van der Waals surface area contributed by atoms with Crippen LogP contribution in [0, 0.1) is 0 Å². The first kappa shape index (κ1) is 16.1. The number of rotatable bonds is 7. The van der Waals surface area contributed by atoms with Crippen molar-refractivity contribution in [3.8, 4) is 0 Å². The van der Waals surface area contributed by atoms with Gasteiger partial charge >= 0.3 is 14.8 Å². The van der Waals surface area contributed by atoms with Gasteiger partial charge in [0.25, 0.3) is 0 Å². The topological polar surface area (TPSA) is 64.6 Å². The number of nitrogens with one attached hydrogen (secondary N) is 1. The molecule has 1 N–H and O–H groups in total. The van der Waals surface area contributed by atoms with Gasteiger partial charge in [-0.05, 0) is 11.1 Å². The van der Waals surface area contributed by atoms with Gasteiger partial charge in [0.05, 0.1) is 0 Å². The summed E-state index contributed by atoms with van der Waals surface area (Å²) >= 11 is 0. The van der Waals surface area contributed by atoms with Gasteiger partial charge in [0.1, 0.15) is 12.8 Å². The fourth-order valence-electron chi connectivity index (χ4n) is 1.89. The molecule has 0 bridgehead atoms. The fraction of sp³-hybridized carbons (Fsp3) is 0.188. The van der Waals surface area contributed by atoms with Gasteiger partial charge < -0.3 is 4.74 Å². The molecule has 2 rings (SSSR count). The number of benzene rings is 2. The van der Waals surface area contributed by atoms with E-state index in [0.717, 1.165) is 11.1 Å². The summed E-state index contributed by atoms with van der Waals surface area (Å²) in [6, 6.07) is 18.8. The van der Waals surface area contributed by atoms with E-state index in [4.69, 9.17) is 9.26 Å². The minimum absolute atomic E-state index is 0.166. The van der Waals surface area contributed by atoms with Crippen molar-refractivity contribution in [3.05, 3.63) is 71.8 Å². The van der Waals surface area contributed by atoms with E-state index in [1.165, 1.54) is 0 Å². The molecule has 0 saturated heterocycles. The smallest absolute Gasteiger partial charge is 0.409 e. The average Bonchev–Trinajstić information content (AvgIpc) is 2.55. The number of amides is 1. The zero-order valence-electron chi connectivity index (χ0n) is 11.8. The van der Waals surface area contributed by atoms with Crippen LogP contribution in [0.2, 0.25) is 0 Å². The van der Waals surface area contributed by atoms with Crippen molar-refractivity contribution in [2.45, 2.75) is 19.3 Å². The van der Waals surface area contributed by atoms with Crippen molar-refractivity contribution in [1.82, 2.24) is 5.32 Å². The first-order valence-electron chi connectivity index (χ1n) is 6.77. The molecular weight excluding hydrogens is 301 g/mol. The van der Waals surface area contributed by atoms with Crippen LogP contribution in [0.5, 0.6) is 0 Å². The van der Waals surface area contributed by atoms with E-state index in [-0.39, 0.29) is 6.61 Å². The van der Waals surface area contributed by atoms with Crippen LogP contribution < -0.4 is 5.32 Å². The first-order valence-corrected chi connectivity index (χ1v) is 7.50. The van der Waals surface area contributed by atoms with Gasteiger partial charge in [-0.2, -0.15) is 0 Å². The molecule has 1 atom stereocenters. The Morgan fingerprint density at radius 1 is 1.00 bits per heavy atom. The predicted molar refractivity (Wildman–Crippen MR) is 82.4 cm³/mol. The van der Waals surface area contributed by atoms with Crippen LogP contribution in [-0.2, 0) is 26.9 Å². The third kappa shape index (κ3) is 5.64. The average molecular weight is 317 g/mol. The molecule has 0 aliphatic heterocycles. The normalized spacial score (nSPS) is 11.8. The highest BCUT2D eigenvalue weighted by Crippen LogP contribution is 2.09. The third-order valence-electron chi connectivity index (χ3n) is 2.93. The monoisotopic (exact) mass is 317 g/mol. The summed E-state index contributed by atoms with van der Waals surface area (Å²) in [4.78, 5) is 11.8. The van der Waals surface area contributed by atoms with Gasteiger partial charge in [-0.3, -0.25) is 9.84 Å². The molecule has 22 heavy (non-hydrogen) atoms. The molecule has 0 unspecified atom stereocenters. The maximum absolute atomic E-state index is 11.8. The Labute approximate surface area is 130 Å². The van der Waals surface area contributed by atoms with Crippen LogP contribution in [0.1, 0.15) is 11.1 Å². The van der Waals surface area contributed by atoms with Gasteiger partial charge in [-0.25, -0.2) is 9.36 Å². The van der Waals surface area contributed by atoms with E-state index >= 15 is 0 Å². The van der Waals surface area contributed by atoms with E-state index < -0.39 is 21.0 Å². The van der Waals surface area contributed by atoms with Gasteiger partial charge in [-0.15, -0.1) is 0 Å². The van der Waals surface area contributed by atoms with Crippen LogP contribution in [0.25, 0.3) is 0 Å². The molecule has 0 fully saturated rings. The maximum Gasteiger partial charge on any atom is 0.409 e. The third-order valence-corrected chi connectivity index (χ3v) is 3.27. The largest absolute Gasteiger partial charge is 0.445 e. The molecule has 0 aliphatic rings. The van der Waals surface area contributed by atoms with Crippen molar-refractivity contribution in [2.24, 2.45) is 0 Å². The van der Waals surface area contributed by atoms with Gasteiger partial charge in [-0.1, -0.05) is 60.7 Å². The summed E-state index contributed by atoms with van der Waals surface area (Å²) in [5.74, 6) is 0. The molecule has 0 radical (unpaired) electrons. The highest BCUT2D eigenvalue weighted by Gasteiger charge is 2.15. The van der Waals surface area contributed by atoms with Gasteiger partial charge in [0.2, 0.25) is 0 Å². The summed E-state index contributed by atoms with van der Waals surface area (Å²) in [7, 11) is -0.495. The molecule has 0 aromatic heterocycles. The van der Waals surface area contributed by atoms with Crippen LogP contribution in [0.15, 0.2) is 60.7 Å². The lowest BCUT2D eigenvalue weighted by Gasteiger charge is -2.15. The number of alkyl carbamates (subject to hydrolysis) is 1. The standard InChI is InChI=1S/C16H16NO4P/c18-16(20-12-14-9-5-2-6-10-14)17-15(21-22-19)11-13-7-3-1-4-8-13/h1-10,15H,11-12H2,(H,17,18)/t15-/m1/s1. The van der Waals surface area contributed by atoms with Gasteiger partial charge in [0, 0.05) is 6.42 Å². The molecule has 0 saturated carbocycles. The number of hydrogen-bond donors (Lipinski definition) is 1. The van der Waals surface area contributed by atoms with Crippen molar-refractivity contribution in [3.63, 3.8) is 0 Å². The van der Waals surface area contributed by atoms with E-state index in [2.05, 4.69) is 5.32 Å². The van der Waals surface area contributed by atoms with E-state index in [1.54, 1.807) is 0 Å². The predicted octanol–water partition coefficient (Wildman–Crippen LogP) is 3.70. The Bertz CT molecular complexity index is 592. The lowest BCUT2D eigenvalue weighted by molar-refractivity contribution is 0.110.